The highest BCUT2D eigenvalue weighted by Crippen LogP contribution is 2.27. The van der Waals surface area contributed by atoms with Crippen LogP contribution in [-0.2, 0) is 6.42 Å². The topological polar surface area (TPSA) is 3.24 Å². The highest BCUT2D eigenvalue weighted by molar-refractivity contribution is 5.55. The van der Waals surface area contributed by atoms with Gasteiger partial charge in [0.05, 0.1) is 5.69 Å². The highest BCUT2D eigenvalue weighted by atomic mass is 19.1. The van der Waals surface area contributed by atoms with Crippen molar-refractivity contribution in [1.82, 2.24) is 0 Å². The van der Waals surface area contributed by atoms with Gasteiger partial charge in [-0.05, 0) is 37.8 Å². The van der Waals surface area contributed by atoms with Crippen molar-refractivity contribution in [2.24, 2.45) is 0 Å². The van der Waals surface area contributed by atoms with Gasteiger partial charge in [-0.15, -0.1) is 0 Å². The van der Waals surface area contributed by atoms with Gasteiger partial charge in [0.15, 0.2) is 0 Å². The summed E-state index contributed by atoms with van der Waals surface area (Å²) in [5.41, 5.74) is 1.80. The Morgan fingerprint density at radius 1 is 1.29 bits per heavy atom. The summed E-state index contributed by atoms with van der Waals surface area (Å²) in [6.07, 6.45) is 3.00. The van der Waals surface area contributed by atoms with E-state index in [9.17, 15) is 4.39 Å². The maximum atomic E-state index is 13.6. The van der Waals surface area contributed by atoms with Crippen molar-refractivity contribution in [3.8, 4) is 0 Å². The van der Waals surface area contributed by atoms with Crippen molar-refractivity contribution in [3.05, 3.63) is 36.5 Å². The molecule has 1 aliphatic rings. The first kappa shape index (κ1) is 9.50. The number of para-hydroxylation sites is 1. The van der Waals surface area contributed by atoms with Crippen LogP contribution >= 0.6 is 0 Å². The largest absolute Gasteiger partial charge is 0.369 e. The molecule has 0 unspecified atom stereocenters. The molecular weight excluding hydrogens is 177 g/mol. The molecule has 1 saturated heterocycles. The van der Waals surface area contributed by atoms with Crippen molar-refractivity contribution in [2.75, 3.05) is 18.0 Å². The molecular formula is C12H15FN. The quantitative estimate of drug-likeness (QED) is 0.696. The zero-order valence-corrected chi connectivity index (χ0v) is 8.30. The predicted molar refractivity (Wildman–Crippen MR) is 56.9 cm³/mol. The Kier molecular flexibility index (Phi) is 2.71. The summed E-state index contributed by atoms with van der Waals surface area (Å²) in [6, 6.07) is 5.26. The fourth-order valence-electron chi connectivity index (χ4n) is 2.06. The van der Waals surface area contributed by atoms with E-state index in [-0.39, 0.29) is 5.82 Å². The molecule has 1 aliphatic heterocycles. The molecule has 1 aromatic rings. The SMILES string of the molecule is [CH2]Cc1cccc(F)c1N1CCCC1. The van der Waals surface area contributed by atoms with Crippen LogP contribution in [0.2, 0.25) is 0 Å². The van der Waals surface area contributed by atoms with Crippen molar-refractivity contribution >= 4 is 5.69 Å². The van der Waals surface area contributed by atoms with E-state index in [0.29, 0.717) is 6.42 Å². The molecule has 0 amide bonds. The molecule has 2 rings (SSSR count). The Morgan fingerprint density at radius 2 is 2.00 bits per heavy atom. The van der Waals surface area contributed by atoms with Gasteiger partial charge in [0, 0.05) is 13.1 Å². The van der Waals surface area contributed by atoms with Gasteiger partial charge in [-0.1, -0.05) is 12.1 Å². The molecule has 1 fully saturated rings. The summed E-state index contributed by atoms with van der Waals surface area (Å²) in [5, 5.41) is 0. The zero-order chi connectivity index (χ0) is 9.97. The molecule has 1 nitrogen and oxygen atoms in total. The van der Waals surface area contributed by atoms with Crippen molar-refractivity contribution in [2.45, 2.75) is 19.3 Å². The van der Waals surface area contributed by atoms with Gasteiger partial charge in [0.2, 0.25) is 0 Å². The third kappa shape index (κ3) is 1.61. The van der Waals surface area contributed by atoms with Crippen molar-refractivity contribution < 1.29 is 4.39 Å². The molecule has 1 radical (unpaired) electrons. The summed E-state index contributed by atoms with van der Waals surface area (Å²) in [4.78, 5) is 2.13. The number of rotatable bonds is 2. The fraction of sp³-hybridized carbons (Fsp3) is 0.417. The molecule has 0 aliphatic carbocycles. The number of hydrogen-bond donors (Lipinski definition) is 0. The molecule has 0 saturated carbocycles. The average Bonchev–Trinajstić information content (AvgIpc) is 2.70. The Labute approximate surface area is 84.5 Å². The summed E-state index contributed by atoms with van der Waals surface area (Å²) < 4.78 is 13.6. The smallest absolute Gasteiger partial charge is 0.146 e. The van der Waals surface area contributed by atoms with E-state index in [4.69, 9.17) is 0 Å². The fourth-order valence-corrected chi connectivity index (χ4v) is 2.06. The van der Waals surface area contributed by atoms with Crippen LogP contribution in [0.4, 0.5) is 10.1 Å². The van der Waals surface area contributed by atoms with E-state index in [1.165, 1.54) is 18.9 Å². The van der Waals surface area contributed by atoms with Gasteiger partial charge < -0.3 is 4.90 Å². The van der Waals surface area contributed by atoms with E-state index in [1.54, 1.807) is 6.07 Å². The van der Waals surface area contributed by atoms with Gasteiger partial charge in [0.1, 0.15) is 5.82 Å². The second-order valence-electron chi connectivity index (χ2n) is 3.69. The van der Waals surface area contributed by atoms with Crippen LogP contribution in [-0.4, -0.2) is 13.1 Å². The lowest BCUT2D eigenvalue weighted by atomic mass is 10.1. The molecule has 14 heavy (non-hydrogen) atoms. The molecule has 0 bridgehead atoms. The second-order valence-corrected chi connectivity index (χ2v) is 3.69. The van der Waals surface area contributed by atoms with Crippen molar-refractivity contribution in [3.63, 3.8) is 0 Å². The molecule has 0 atom stereocenters. The number of halogens is 1. The molecule has 2 heteroatoms. The number of hydrogen-bond acceptors (Lipinski definition) is 1. The van der Waals surface area contributed by atoms with Crippen LogP contribution in [0.25, 0.3) is 0 Å². The maximum Gasteiger partial charge on any atom is 0.146 e. The van der Waals surface area contributed by atoms with Gasteiger partial charge in [-0.3, -0.25) is 0 Å². The Hall–Kier alpha value is -1.05. The average molecular weight is 192 g/mol. The lowest BCUT2D eigenvalue weighted by Gasteiger charge is -2.21. The first-order chi connectivity index (χ1) is 6.83. The number of anilines is 1. The minimum atomic E-state index is -0.104. The van der Waals surface area contributed by atoms with Crippen LogP contribution in [0.15, 0.2) is 18.2 Å². The summed E-state index contributed by atoms with van der Waals surface area (Å²) in [7, 11) is 0. The molecule has 0 aromatic heterocycles. The molecule has 0 spiro atoms. The predicted octanol–water partition coefficient (Wildman–Crippen LogP) is 2.80. The summed E-state index contributed by atoms with van der Waals surface area (Å²) in [6.45, 7) is 5.80. The van der Waals surface area contributed by atoms with Crippen LogP contribution in [0.1, 0.15) is 18.4 Å². The van der Waals surface area contributed by atoms with Gasteiger partial charge in [-0.2, -0.15) is 0 Å². The third-order valence-electron chi connectivity index (χ3n) is 2.76. The van der Waals surface area contributed by atoms with E-state index in [2.05, 4.69) is 11.8 Å². The van der Waals surface area contributed by atoms with Crippen LogP contribution < -0.4 is 4.90 Å². The lowest BCUT2D eigenvalue weighted by molar-refractivity contribution is 0.621. The minimum absolute atomic E-state index is 0.104. The monoisotopic (exact) mass is 192 g/mol. The summed E-state index contributed by atoms with van der Waals surface area (Å²) >= 11 is 0. The van der Waals surface area contributed by atoms with E-state index < -0.39 is 0 Å². The normalized spacial score (nSPS) is 16.3. The number of nitrogens with zero attached hydrogens (tertiary/aromatic N) is 1. The lowest BCUT2D eigenvalue weighted by Crippen LogP contribution is -2.20. The van der Waals surface area contributed by atoms with E-state index in [0.717, 1.165) is 24.3 Å². The highest BCUT2D eigenvalue weighted by Gasteiger charge is 2.18. The first-order valence-corrected chi connectivity index (χ1v) is 5.14. The van der Waals surface area contributed by atoms with Gasteiger partial charge >= 0.3 is 0 Å². The second kappa shape index (κ2) is 3.99. The van der Waals surface area contributed by atoms with Gasteiger partial charge in [-0.25, -0.2) is 4.39 Å². The maximum absolute atomic E-state index is 13.6. The Morgan fingerprint density at radius 3 is 2.64 bits per heavy atom. The van der Waals surface area contributed by atoms with E-state index >= 15 is 0 Å². The van der Waals surface area contributed by atoms with Crippen molar-refractivity contribution in [1.29, 1.82) is 0 Å². The van der Waals surface area contributed by atoms with Gasteiger partial charge in [0.25, 0.3) is 0 Å². The Bertz CT molecular complexity index is 316. The molecule has 1 heterocycles. The zero-order valence-electron chi connectivity index (χ0n) is 8.30. The summed E-state index contributed by atoms with van der Waals surface area (Å²) in [5.74, 6) is -0.104. The third-order valence-corrected chi connectivity index (χ3v) is 2.76. The molecule has 75 valence electrons. The Balaban J connectivity index is 2.37. The van der Waals surface area contributed by atoms with Crippen LogP contribution in [0.5, 0.6) is 0 Å². The van der Waals surface area contributed by atoms with Crippen LogP contribution in [0.3, 0.4) is 0 Å². The molecule has 0 N–H and O–H groups in total. The van der Waals surface area contributed by atoms with Crippen LogP contribution in [0, 0.1) is 12.7 Å². The minimum Gasteiger partial charge on any atom is -0.369 e. The number of benzene rings is 1. The van der Waals surface area contributed by atoms with E-state index in [1.807, 2.05) is 6.07 Å². The standard InChI is InChI=1S/C12H15FN/c1-2-10-6-5-7-11(13)12(10)14-8-3-4-9-14/h5-7H,1-4,8-9H2. The first-order valence-electron chi connectivity index (χ1n) is 5.14. The molecule has 1 aromatic carbocycles.